The van der Waals surface area contributed by atoms with Crippen LogP contribution in [0.2, 0.25) is 0 Å². The van der Waals surface area contributed by atoms with Crippen molar-refractivity contribution in [2.75, 3.05) is 13.2 Å². The van der Waals surface area contributed by atoms with Crippen LogP contribution < -0.4 is 0 Å². The van der Waals surface area contributed by atoms with Crippen LogP contribution in [0.3, 0.4) is 0 Å². The summed E-state index contributed by atoms with van der Waals surface area (Å²) in [5, 5.41) is 88.1. The fraction of sp³-hybridized carbons (Fsp3) is 0.918. The minimum absolute atomic E-state index is 0.00421. The molecule has 4 saturated carbocycles. The molecule has 20 nitrogen and oxygen atoms in total. The van der Waals surface area contributed by atoms with E-state index in [2.05, 4.69) is 6.92 Å². The maximum atomic E-state index is 12.6. The van der Waals surface area contributed by atoms with Crippen molar-refractivity contribution in [3.63, 3.8) is 0 Å². The van der Waals surface area contributed by atoms with Gasteiger partial charge in [0.05, 0.1) is 54.9 Å². The maximum Gasteiger partial charge on any atom is 0.331 e. The van der Waals surface area contributed by atoms with Gasteiger partial charge in [-0.2, -0.15) is 0 Å². The standard InChI is InChI=1S/C49H76O20/c1-21-43(67-38-17-32(53)44(22(2)62-38)68-39-18-33(64-24(4)51)45(23(3)63-39)69-46-42(58)41(57)40(56)34(19-50)66-46)31(52)16-37(61-21)65-27-9-11-47(5)26(14-27)7-8-29-30(47)15-35(54)48(6)28(10-12-49(29,48)59)25-13-36(55)60-20-25/h13,21-23,26-35,37-46,50,52-54,56-59H,7-12,14-20H2,1-6H3/t21-,22-,23-,26-,27+,28-,29-,30+,31+,32+,33+,34-,35-,37-,38+,39+,40-,41+,42-,43-,44-,45-,46+,47+,48+,49+/m1/s1. The second kappa shape index (κ2) is 20.0. The molecule has 0 amide bonds. The van der Waals surface area contributed by atoms with Crippen molar-refractivity contribution in [1.29, 1.82) is 0 Å². The molecule has 0 radical (unpaired) electrons. The molecule has 8 N–H and O–H groups in total. The van der Waals surface area contributed by atoms with Crippen LogP contribution in [0, 0.1) is 34.5 Å². The summed E-state index contributed by atoms with van der Waals surface area (Å²) in [4.78, 5) is 24.2. The zero-order valence-corrected chi connectivity index (χ0v) is 40.5. The van der Waals surface area contributed by atoms with Crippen molar-refractivity contribution in [3.05, 3.63) is 11.6 Å². The third kappa shape index (κ3) is 9.48. The van der Waals surface area contributed by atoms with E-state index in [0.717, 1.165) is 37.7 Å². The van der Waals surface area contributed by atoms with E-state index in [9.17, 15) is 50.4 Å². The molecule has 5 heterocycles. The van der Waals surface area contributed by atoms with Crippen LogP contribution in [0.15, 0.2) is 11.6 Å². The molecule has 4 saturated heterocycles. The Labute approximate surface area is 402 Å². The molecule has 69 heavy (non-hydrogen) atoms. The van der Waals surface area contributed by atoms with Gasteiger partial charge >= 0.3 is 11.9 Å². The Morgan fingerprint density at radius 3 is 1.93 bits per heavy atom. The number of aliphatic hydroxyl groups excluding tert-OH is 7. The molecule has 9 rings (SSSR count). The number of fused-ring (bicyclic) bond motifs is 5. The van der Waals surface area contributed by atoms with Crippen molar-refractivity contribution >= 4 is 11.9 Å². The Kier molecular flexibility index (Phi) is 15.1. The molecular weight excluding hydrogens is 909 g/mol. The van der Waals surface area contributed by atoms with E-state index < -0.39 is 134 Å². The average Bonchev–Trinajstić information content (AvgIpc) is 3.84. The molecular formula is C49H76O20. The summed E-state index contributed by atoms with van der Waals surface area (Å²) in [5.74, 6) is -0.580. The average molecular weight is 985 g/mol. The molecule has 0 unspecified atom stereocenters. The summed E-state index contributed by atoms with van der Waals surface area (Å²) in [7, 11) is 0. The van der Waals surface area contributed by atoms with E-state index in [1.165, 1.54) is 6.92 Å². The van der Waals surface area contributed by atoms with Gasteiger partial charge in [-0.3, -0.25) is 4.79 Å². The van der Waals surface area contributed by atoms with Gasteiger partial charge in [0.1, 0.15) is 55.4 Å². The number of cyclic esters (lactones) is 1. The summed E-state index contributed by atoms with van der Waals surface area (Å²) >= 11 is 0. The van der Waals surface area contributed by atoms with Crippen LogP contribution in [0.5, 0.6) is 0 Å². The van der Waals surface area contributed by atoms with Crippen molar-refractivity contribution in [1.82, 2.24) is 0 Å². The van der Waals surface area contributed by atoms with Gasteiger partial charge in [-0.05, 0) is 107 Å². The highest BCUT2D eigenvalue weighted by molar-refractivity contribution is 5.85. The van der Waals surface area contributed by atoms with Gasteiger partial charge < -0.3 is 88.2 Å². The topological polar surface area (TPSA) is 288 Å². The number of carbonyl (C=O) groups is 2. The Morgan fingerprint density at radius 1 is 0.710 bits per heavy atom. The lowest BCUT2D eigenvalue weighted by Crippen LogP contribution is -2.67. The lowest BCUT2D eigenvalue weighted by atomic mass is 9.42. The molecule has 0 aromatic carbocycles. The van der Waals surface area contributed by atoms with Gasteiger partial charge in [-0.15, -0.1) is 0 Å². The van der Waals surface area contributed by atoms with Gasteiger partial charge in [0.2, 0.25) is 0 Å². The molecule has 392 valence electrons. The van der Waals surface area contributed by atoms with Crippen LogP contribution in [0.4, 0.5) is 0 Å². The summed E-state index contributed by atoms with van der Waals surface area (Å²) in [6, 6.07) is 0. The lowest BCUT2D eigenvalue weighted by molar-refractivity contribution is -0.355. The van der Waals surface area contributed by atoms with E-state index in [0.29, 0.717) is 25.2 Å². The number of esters is 2. The number of ether oxygens (including phenoxy) is 10. The molecule has 26 atom stereocenters. The van der Waals surface area contributed by atoms with Gasteiger partial charge in [-0.25, -0.2) is 4.79 Å². The third-order valence-corrected chi connectivity index (χ3v) is 18.4. The van der Waals surface area contributed by atoms with Crippen LogP contribution in [-0.4, -0.2) is 188 Å². The second-order valence-corrected chi connectivity index (χ2v) is 22.2. The largest absolute Gasteiger partial charge is 0.459 e. The van der Waals surface area contributed by atoms with Gasteiger partial charge in [0.25, 0.3) is 0 Å². The van der Waals surface area contributed by atoms with E-state index >= 15 is 0 Å². The zero-order valence-electron chi connectivity index (χ0n) is 40.5. The third-order valence-electron chi connectivity index (χ3n) is 18.4. The van der Waals surface area contributed by atoms with Crippen LogP contribution in [-0.2, 0) is 57.0 Å². The highest BCUT2D eigenvalue weighted by atomic mass is 16.8. The first-order valence-electron chi connectivity index (χ1n) is 25.3. The van der Waals surface area contributed by atoms with E-state index in [4.69, 9.17) is 47.4 Å². The first-order valence-corrected chi connectivity index (χ1v) is 25.3. The first kappa shape index (κ1) is 51.9. The molecule has 0 spiro atoms. The molecule has 0 bridgehead atoms. The number of hydrogen-bond acceptors (Lipinski definition) is 20. The second-order valence-electron chi connectivity index (χ2n) is 22.2. The summed E-state index contributed by atoms with van der Waals surface area (Å²) in [5.41, 5.74) is -1.01. The number of hydrogen-bond donors (Lipinski definition) is 8. The maximum absolute atomic E-state index is 12.6. The molecule has 20 heteroatoms. The van der Waals surface area contributed by atoms with Gasteiger partial charge in [0, 0.05) is 37.7 Å². The molecule has 0 aromatic rings. The SMILES string of the molecule is CC(=O)O[C@H]1C[C@H](O[C@H]2[C@@H](O)C[C@H](O[C@H]3[C@@H](O)C[C@@H](O[C@H]4CC[C@@]5(C)[C@H](CC[C@@H]6[C@@H]5C[C@@H](O)[C@]5(C)[C@@H](C7=CC(=O)OC7)CC[C@]65O)C4)O[C@@H]3C)O[C@@H]2C)O[C@H](C)[C@H]1O[C@@H]1O[C@H](CO)[C@@H](O)[C@H](O)[C@H]1O. The van der Waals surface area contributed by atoms with Crippen molar-refractivity contribution < 1.29 is 97.8 Å². The molecule has 5 aliphatic heterocycles. The van der Waals surface area contributed by atoms with E-state index in [1.54, 1.807) is 26.8 Å². The fourth-order valence-corrected chi connectivity index (χ4v) is 14.6. The van der Waals surface area contributed by atoms with E-state index in [1.807, 2.05) is 6.92 Å². The molecule has 8 fully saturated rings. The first-order chi connectivity index (χ1) is 32.6. The lowest BCUT2D eigenvalue weighted by Gasteiger charge is -2.65. The molecule has 0 aromatic heterocycles. The number of aliphatic hydroxyl groups is 8. The van der Waals surface area contributed by atoms with E-state index in [-0.39, 0.29) is 61.1 Å². The van der Waals surface area contributed by atoms with Crippen LogP contribution in [0.1, 0.15) is 112 Å². The Balaban J connectivity index is 0.752. The predicted molar refractivity (Wildman–Crippen MR) is 235 cm³/mol. The Hall–Kier alpha value is -1.96. The van der Waals surface area contributed by atoms with Crippen molar-refractivity contribution in [3.8, 4) is 0 Å². The monoisotopic (exact) mass is 984 g/mol. The van der Waals surface area contributed by atoms with Crippen molar-refractivity contribution in [2.45, 2.75) is 234 Å². The number of carbonyl (C=O) groups excluding carboxylic acids is 2. The summed E-state index contributed by atoms with van der Waals surface area (Å²) in [6.07, 6.45) is -11.1. The summed E-state index contributed by atoms with van der Waals surface area (Å²) in [6.45, 7) is 10.3. The smallest absolute Gasteiger partial charge is 0.331 e. The van der Waals surface area contributed by atoms with Crippen molar-refractivity contribution in [2.24, 2.45) is 34.5 Å². The molecule has 9 aliphatic rings. The predicted octanol–water partition coefficient (Wildman–Crippen LogP) is 0.613. The summed E-state index contributed by atoms with van der Waals surface area (Å²) < 4.78 is 60.1. The zero-order chi connectivity index (χ0) is 49.5. The highest BCUT2D eigenvalue weighted by Crippen LogP contribution is 2.70. The fourth-order valence-electron chi connectivity index (χ4n) is 14.6. The normalized spacial score (nSPS) is 53.3. The van der Waals surface area contributed by atoms with Gasteiger partial charge in [-0.1, -0.05) is 13.8 Å². The highest BCUT2D eigenvalue weighted by Gasteiger charge is 2.71. The minimum atomic E-state index is -1.69. The minimum Gasteiger partial charge on any atom is -0.459 e. The number of rotatable bonds is 11. The van der Waals surface area contributed by atoms with Crippen LogP contribution in [0.25, 0.3) is 0 Å². The molecule has 4 aliphatic carbocycles. The van der Waals surface area contributed by atoms with Gasteiger partial charge in [0.15, 0.2) is 25.2 Å². The Morgan fingerprint density at radius 2 is 1.33 bits per heavy atom. The quantitative estimate of drug-likeness (QED) is 0.104. The Bertz CT molecular complexity index is 1850. The van der Waals surface area contributed by atoms with Crippen LogP contribution >= 0.6 is 0 Å².